The second kappa shape index (κ2) is 8.10. The molecule has 1 amide bonds. The number of hydrogen-bond acceptors (Lipinski definition) is 5. The number of nitriles is 1. The zero-order valence-electron chi connectivity index (χ0n) is 17.6. The fourth-order valence-electron chi connectivity index (χ4n) is 4.85. The third kappa shape index (κ3) is 3.91. The van der Waals surface area contributed by atoms with Crippen LogP contribution in [0.25, 0.3) is 0 Å². The summed E-state index contributed by atoms with van der Waals surface area (Å²) in [5.41, 5.74) is -0.107. The number of aromatic nitrogens is 1. The molecule has 4 rings (SSSR count). The zero-order valence-corrected chi connectivity index (χ0v) is 17.6. The quantitative estimate of drug-likeness (QED) is 0.786. The van der Waals surface area contributed by atoms with Crippen molar-refractivity contribution >= 4 is 11.6 Å². The number of hydrogen-bond donors (Lipinski definition) is 1. The van der Waals surface area contributed by atoms with Gasteiger partial charge in [0.2, 0.25) is 0 Å². The van der Waals surface area contributed by atoms with Crippen LogP contribution in [0, 0.1) is 29.6 Å². The molecule has 2 aliphatic rings. The SMILES string of the molecule is Cc1cncc(C(=O)N2C[C@H]3CN(c4ccc(C#N)c(C(F)(F)F)c4)CC[C@@]3(CO)C2)c1. The Labute approximate surface area is 183 Å². The molecular weight excluding hydrogens is 421 g/mol. The second-order valence-corrected chi connectivity index (χ2v) is 8.69. The van der Waals surface area contributed by atoms with E-state index in [1.807, 2.05) is 11.8 Å². The molecule has 9 heteroatoms. The van der Waals surface area contributed by atoms with E-state index in [2.05, 4.69) is 4.98 Å². The van der Waals surface area contributed by atoms with Crippen molar-refractivity contribution in [3.63, 3.8) is 0 Å². The van der Waals surface area contributed by atoms with Gasteiger partial charge in [-0.25, -0.2) is 0 Å². The number of likely N-dealkylation sites (tertiary alicyclic amines) is 1. The molecule has 0 unspecified atom stereocenters. The zero-order chi connectivity index (χ0) is 23.1. The van der Waals surface area contributed by atoms with E-state index in [4.69, 9.17) is 5.26 Å². The van der Waals surface area contributed by atoms with E-state index in [9.17, 15) is 23.1 Å². The van der Waals surface area contributed by atoms with Crippen LogP contribution < -0.4 is 4.90 Å². The number of aryl methyl sites for hydroxylation is 1. The van der Waals surface area contributed by atoms with Crippen molar-refractivity contribution in [1.29, 1.82) is 5.26 Å². The third-order valence-corrected chi connectivity index (χ3v) is 6.65. The highest BCUT2D eigenvalue weighted by Gasteiger charge is 2.50. The van der Waals surface area contributed by atoms with Gasteiger partial charge in [-0.05, 0) is 43.2 Å². The lowest BCUT2D eigenvalue weighted by Gasteiger charge is -2.43. The fourth-order valence-corrected chi connectivity index (χ4v) is 4.85. The van der Waals surface area contributed by atoms with E-state index in [1.54, 1.807) is 23.2 Å². The maximum absolute atomic E-state index is 13.4. The minimum Gasteiger partial charge on any atom is -0.396 e. The molecule has 168 valence electrons. The van der Waals surface area contributed by atoms with Crippen molar-refractivity contribution in [2.24, 2.45) is 11.3 Å². The van der Waals surface area contributed by atoms with Crippen LogP contribution in [0.2, 0.25) is 0 Å². The van der Waals surface area contributed by atoms with Crippen molar-refractivity contribution < 1.29 is 23.1 Å². The highest BCUT2D eigenvalue weighted by Crippen LogP contribution is 2.44. The first kappa shape index (κ1) is 22.1. The van der Waals surface area contributed by atoms with Gasteiger partial charge in [0, 0.05) is 55.6 Å². The Bertz CT molecular complexity index is 1080. The molecular formula is C23H23F3N4O2. The first-order valence-electron chi connectivity index (χ1n) is 10.3. The number of alkyl halides is 3. The van der Waals surface area contributed by atoms with Crippen LogP contribution in [0.3, 0.4) is 0 Å². The maximum atomic E-state index is 13.4. The number of carbonyl (C=O) groups is 1. The van der Waals surface area contributed by atoms with E-state index in [0.29, 0.717) is 43.9 Å². The molecule has 2 aromatic rings. The Morgan fingerprint density at radius 3 is 2.75 bits per heavy atom. The molecule has 0 saturated carbocycles. The van der Waals surface area contributed by atoms with Crippen LogP contribution in [-0.4, -0.2) is 53.7 Å². The summed E-state index contributed by atoms with van der Waals surface area (Å²) in [6.45, 7) is 3.44. The number of anilines is 1. The number of benzene rings is 1. The van der Waals surface area contributed by atoms with Gasteiger partial charge in [0.25, 0.3) is 5.91 Å². The predicted octanol–water partition coefficient (Wildman–Crippen LogP) is 3.24. The maximum Gasteiger partial charge on any atom is 0.417 e. The Kier molecular flexibility index (Phi) is 5.59. The molecule has 0 bridgehead atoms. The number of halogens is 3. The number of aliphatic hydroxyl groups excluding tert-OH is 1. The first-order chi connectivity index (χ1) is 15.2. The van der Waals surface area contributed by atoms with Crippen molar-refractivity contribution in [2.75, 3.05) is 37.7 Å². The Balaban J connectivity index is 1.57. The summed E-state index contributed by atoms with van der Waals surface area (Å²) in [5, 5.41) is 19.2. The molecule has 0 aliphatic carbocycles. The summed E-state index contributed by atoms with van der Waals surface area (Å²) in [5.74, 6) is -0.249. The van der Waals surface area contributed by atoms with E-state index in [-0.39, 0.29) is 18.4 Å². The highest BCUT2D eigenvalue weighted by atomic mass is 19.4. The predicted molar refractivity (Wildman–Crippen MR) is 111 cm³/mol. The van der Waals surface area contributed by atoms with Crippen molar-refractivity contribution in [2.45, 2.75) is 19.5 Å². The fraction of sp³-hybridized carbons (Fsp3) is 0.435. The summed E-state index contributed by atoms with van der Waals surface area (Å²) in [6, 6.07) is 7.10. The number of piperidine rings is 1. The van der Waals surface area contributed by atoms with Gasteiger partial charge in [-0.2, -0.15) is 18.4 Å². The van der Waals surface area contributed by atoms with Crippen LogP contribution in [-0.2, 0) is 6.18 Å². The summed E-state index contributed by atoms with van der Waals surface area (Å²) >= 11 is 0. The smallest absolute Gasteiger partial charge is 0.396 e. The third-order valence-electron chi connectivity index (χ3n) is 6.65. The average molecular weight is 444 g/mol. The standard InChI is InChI=1S/C23H23F3N4O2/c1-15-6-17(10-28-9-15)21(32)30-12-18-11-29(5-4-22(18,13-30)14-31)19-3-2-16(8-27)20(7-19)23(24,25)26/h2-3,6-7,9-10,18,31H,4-5,11-14H2,1H3/t18-,22+/m1/s1. The summed E-state index contributed by atoms with van der Waals surface area (Å²) in [6.07, 6.45) is -0.888. The number of rotatable bonds is 3. The second-order valence-electron chi connectivity index (χ2n) is 8.69. The van der Waals surface area contributed by atoms with Crippen LogP contribution in [0.4, 0.5) is 18.9 Å². The van der Waals surface area contributed by atoms with Crippen molar-refractivity contribution in [3.05, 3.63) is 58.9 Å². The van der Waals surface area contributed by atoms with Gasteiger partial charge in [0.05, 0.1) is 29.4 Å². The minimum absolute atomic E-state index is 0.0899. The van der Waals surface area contributed by atoms with Crippen LogP contribution in [0.1, 0.15) is 33.5 Å². The van der Waals surface area contributed by atoms with Gasteiger partial charge >= 0.3 is 6.18 Å². The molecule has 3 heterocycles. The molecule has 0 spiro atoms. The molecule has 6 nitrogen and oxygen atoms in total. The van der Waals surface area contributed by atoms with Gasteiger partial charge in [0.1, 0.15) is 0 Å². The van der Waals surface area contributed by atoms with Gasteiger partial charge in [0.15, 0.2) is 0 Å². The molecule has 32 heavy (non-hydrogen) atoms. The van der Waals surface area contributed by atoms with Crippen molar-refractivity contribution in [1.82, 2.24) is 9.88 Å². The topological polar surface area (TPSA) is 80.5 Å². The lowest BCUT2D eigenvalue weighted by Crippen LogP contribution is -2.49. The van der Waals surface area contributed by atoms with Gasteiger partial charge in [-0.3, -0.25) is 9.78 Å². The average Bonchev–Trinajstić information content (AvgIpc) is 3.17. The summed E-state index contributed by atoms with van der Waals surface area (Å²) < 4.78 is 40.2. The largest absolute Gasteiger partial charge is 0.417 e. The van der Waals surface area contributed by atoms with Crippen LogP contribution >= 0.6 is 0 Å². The number of amides is 1. The van der Waals surface area contributed by atoms with E-state index in [1.165, 1.54) is 18.3 Å². The Morgan fingerprint density at radius 1 is 1.31 bits per heavy atom. The van der Waals surface area contributed by atoms with E-state index in [0.717, 1.165) is 11.6 Å². The molecule has 1 N–H and O–H groups in total. The van der Waals surface area contributed by atoms with Crippen LogP contribution in [0.5, 0.6) is 0 Å². The number of carbonyl (C=O) groups excluding carboxylic acids is 1. The van der Waals surface area contributed by atoms with Crippen LogP contribution in [0.15, 0.2) is 36.7 Å². The van der Waals surface area contributed by atoms with E-state index >= 15 is 0 Å². The normalized spacial score (nSPS) is 23.1. The molecule has 2 aliphatic heterocycles. The number of fused-ring (bicyclic) bond motifs is 1. The first-order valence-corrected chi connectivity index (χ1v) is 10.3. The molecule has 1 aromatic carbocycles. The number of aliphatic hydroxyl groups is 1. The van der Waals surface area contributed by atoms with Gasteiger partial charge in [-0.15, -0.1) is 0 Å². The minimum atomic E-state index is -4.62. The number of nitrogens with zero attached hydrogens (tertiary/aromatic N) is 4. The number of pyridine rings is 1. The van der Waals surface area contributed by atoms with Gasteiger partial charge in [-0.1, -0.05) is 0 Å². The Hall–Kier alpha value is -3.12. The lowest BCUT2D eigenvalue weighted by molar-refractivity contribution is -0.137. The Morgan fingerprint density at radius 2 is 2.09 bits per heavy atom. The molecule has 2 atom stereocenters. The highest BCUT2D eigenvalue weighted by molar-refractivity contribution is 5.94. The summed E-state index contributed by atoms with van der Waals surface area (Å²) in [4.78, 5) is 20.6. The molecule has 0 radical (unpaired) electrons. The molecule has 2 fully saturated rings. The van der Waals surface area contributed by atoms with E-state index < -0.39 is 22.7 Å². The van der Waals surface area contributed by atoms with Gasteiger partial charge < -0.3 is 14.9 Å². The lowest BCUT2D eigenvalue weighted by atomic mass is 9.73. The molecule has 2 saturated heterocycles. The molecule has 1 aromatic heterocycles. The monoisotopic (exact) mass is 444 g/mol. The van der Waals surface area contributed by atoms with Crippen molar-refractivity contribution in [3.8, 4) is 6.07 Å². The summed E-state index contributed by atoms with van der Waals surface area (Å²) in [7, 11) is 0.